The lowest BCUT2D eigenvalue weighted by molar-refractivity contribution is -0.121. The van der Waals surface area contributed by atoms with Crippen LogP contribution < -0.4 is 20.3 Å². The van der Waals surface area contributed by atoms with E-state index in [2.05, 4.69) is 10.3 Å². The van der Waals surface area contributed by atoms with Gasteiger partial charge in [-0.15, -0.1) is 0 Å². The van der Waals surface area contributed by atoms with Crippen LogP contribution >= 0.6 is 0 Å². The molecule has 8 heteroatoms. The summed E-state index contributed by atoms with van der Waals surface area (Å²) in [6.45, 7) is 0.312. The van der Waals surface area contributed by atoms with Crippen molar-refractivity contribution in [2.45, 2.75) is 6.54 Å². The Hall–Kier alpha value is -3.42. The molecule has 0 fully saturated rings. The number of amides is 1. The van der Waals surface area contributed by atoms with Gasteiger partial charge in [-0.2, -0.15) is 0 Å². The molecular weight excluding hydrogens is 353 g/mol. The first-order valence-corrected chi connectivity index (χ1v) is 8.25. The van der Waals surface area contributed by atoms with E-state index >= 15 is 0 Å². The summed E-state index contributed by atoms with van der Waals surface area (Å²) in [5.41, 5.74) is -0.0907. The highest BCUT2D eigenvalue weighted by Gasteiger charge is 2.09. The molecule has 1 amide bonds. The van der Waals surface area contributed by atoms with E-state index in [-0.39, 0.29) is 31.0 Å². The zero-order valence-electron chi connectivity index (χ0n) is 14.6. The predicted octanol–water partition coefficient (Wildman–Crippen LogP) is 1.74. The zero-order chi connectivity index (χ0) is 19.2. The Labute approximate surface area is 154 Å². The minimum atomic E-state index is -0.529. The number of nitrogens with zero attached hydrogens (tertiary/aromatic N) is 2. The zero-order valence-corrected chi connectivity index (χ0v) is 14.6. The summed E-state index contributed by atoms with van der Waals surface area (Å²) in [6, 6.07) is 10.9. The molecule has 0 bridgehead atoms. The van der Waals surface area contributed by atoms with E-state index in [1.165, 1.54) is 18.5 Å². The third kappa shape index (κ3) is 4.60. The molecule has 0 aliphatic rings. The van der Waals surface area contributed by atoms with Crippen LogP contribution in [0.1, 0.15) is 0 Å². The van der Waals surface area contributed by atoms with Crippen molar-refractivity contribution in [3.05, 3.63) is 65.0 Å². The van der Waals surface area contributed by atoms with E-state index < -0.39 is 11.4 Å². The summed E-state index contributed by atoms with van der Waals surface area (Å²) in [5.74, 6) is 0.402. The number of halogens is 1. The number of nitrogens with one attached hydrogen (secondary N) is 1. The van der Waals surface area contributed by atoms with E-state index in [1.54, 1.807) is 31.4 Å². The molecule has 2 aromatic carbocycles. The summed E-state index contributed by atoms with van der Waals surface area (Å²) >= 11 is 0. The molecule has 140 valence electrons. The van der Waals surface area contributed by atoms with Crippen LogP contribution in [0.3, 0.4) is 0 Å². The van der Waals surface area contributed by atoms with Gasteiger partial charge in [0, 0.05) is 6.07 Å². The van der Waals surface area contributed by atoms with Gasteiger partial charge in [-0.3, -0.25) is 14.2 Å². The molecule has 0 unspecified atom stereocenters. The highest BCUT2D eigenvalue weighted by molar-refractivity contribution is 5.79. The lowest BCUT2D eigenvalue weighted by atomic mass is 10.2. The summed E-state index contributed by atoms with van der Waals surface area (Å²) in [4.78, 5) is 28.4. The number of benzene rings is 2. The van der Waals surface area contributed by atoms with Crippen LogP contribution in [0.2, 0.25) is 0 Å². The lowest BCUT2D eigenvalue weighted by Crippen LogP contribution is -2.34. The SMILES string of the molecule is COc1cccc(OCCNC(=O)Cn2cnc3ccc(F)cc3c2=O)c1. The first-order chi connectivity index (χ1) is 13.1. The minimum absolute atomic E-state index is 0.131. The standard InChI is InChI=1S/C19H18FN3O4/c1-26-14-3-2-4-15(10-14)27-8-7-21-18(24)11-23-12-22-17-6-5-13(20)9-16(17)19(23)25/h2-6,9-10,12H,7-8,11H2,1H3,(H,21,24). The number of fused-ring (bicyclic) bond motifs is 1. The monoisotopic (exact) mass is 371 g/mol. The van der Waals surface area contributed by atoms with Crippen LogP contribution in [0, 0.1) is 5.82 Å². The van der Waals surface area contributed by atoms with E-state index in [0.29, 0.717) is 17.0 Å². The molecule has 1 heterocycles. The van der Waals surface area contributed by atoms with Crippen molar-refractivity contribution in [2.24, 2.45) is 0 Å². The molecule has 0 atom stereocenters. The Morgan fingerprint density at radius 1 is 1.22 bits per heavy atom. The van der Waals surface area contributed by atoms with E-state index in [1.807, 2.05) is 0 Å². The maximum atomic E-state index is 13.3. The van der Waals surface area contributed by atoms with E-state index in [0.717, 1.165) is 10.6 Å². The molecule has 27 heavy (non-hydrogen) atoms. The van der Waals surface area contributed by atoms with Gasteiger partial charge >= 0.3 is 0 Å². The van der Waals surface area contributed by atoms with Gasteiger partial charge in [-0.1, -0.05) is 6.07 Å². The summed E-state index contributed by atoms with van der Waals surface area (Å²) in [5, 5.41) is 2.79. The van der Waals surface area contributed by atoms with Gasteiger partial charge in [0.2, 0.25) is 5.91 Å². The van der Waals surface area contributed by atoms with Crippen molar-refractivity contribution in [3.63, 3.8) is 0 Å². The quantitative estimate of drug-likeness (QED) is 0.640. The largest absolute Gasteiger partial charge is 0.497 e. The lowest BCUT2D eigenvalue weighted by Gasteiger charge is -2.10. The van der Waals surface area contributed by atoms with Crippen LogP contribution in [0.5, 0.6) is 11.5 Å². The van der Waals surface area contributed by atoms with Crippen molar-refractivity contribution < 1.29 is 18.7 Å². The first-order valence-electron chi connectivity index (χ1n) is 8.25. The molecule has 1 aromatic heterocycles. The van der Waals surface area contributed by atoms with Gasteiger partial charge in [0.15, 0.2) is 0 Å². The number of aromatic nitrogens is 2. The molecule has 1 N–H and O–H groups in total. The van der Waals surface area contributed by atoms with Crippen molar-refractivity contribution in [3.8, 4) is 11.5 Å². The van der Waals surface area contributed by atoms with Gasteiger partial charge in [0.1, 0.15) is 30.5 Å². The van der Waals surface area contributed by atoms with Crippen molar-refractivity contribution in [2.75, 3.05) is 20.3 Å². The molecule has 7 nitrogen and oxygen atoms in total. The van der Waals surface area contributed by atoms with Gasteiger partial charge < -0.3 is 14.8 Å². The molecule has 3 rings (SSSR count). The van der Waals surface area contributed by atoms with Gasteiger partial charge in [-0.05, 0) is 30.3 Å². The maximum absolute atomic E-state index is 13.3. The van der Waals surface area contributed by atoms with Crippen LogP contribution in [-0.4, -0.2) is 35.7 Å². The molecule has 0 spiro atoms. The maximum Gasteiger partial charge on any atom is 0.261 e. The van der Waals surface area contributed by atoms with Crippen molar-refractivity contribution in [1.82, 2.24) is 14.9 Å². The second kappa shape index (κ2) is 8.31. The van der Waals surface area contributed by atoms with Gasteiger partial charge in [0.25, 0.3) is 5.56 Å². The number of hydrogen-bond donors (Lipinski definition) is 1. The van der Waals surface area contributed by atoms with Crippen molar-refractivity contribution in [1.29, 1.82) is 0 Å². The second-order valence-corrected chi connectivity index (χ2v) is 5.72. The van der Waals surface area contributed by atoms with Gasteiger partial charge in [0.05, 0.1) is 30.9 Å². The van der Waals surface area contributed by atoms with Gasteiger partial charge in [-0.25, -0.2) is 9.37 Å². The molecule has 3 aromatic rings. The normalized spacial score (nSPS) is 10.6. The number of methoxy groups -OCH3 is 1. The van der Waals surface area contributed by atoms with E-state index in [4.69, 9.17) is 9.47 Å². The average molecular weight is 371 g/mol. The van der Waals surface area contributed by atoms with Crippen LogP contribution in [0.4, 0.5) is 4.39 Å². The Balaban J connectivity index is 1.54. The minimum Gasteiger partial charge on any atom is -0.497 e. The fourth-order valence-electron chi connectivity index (χ4n) is 2.50. The second-order valence-electron chi connectivity index (χ2n) is 5.72. The molecule has 0 saturated heterocycles. The Kier molecular flexibility index (Phi) is 5.65. The van der Waals surface area contributed by atoms with E-state index in [9.17, 15) is 14.0 Å². The third-order valence-corrected chi connectivity index (χ3v) is 3.83. The van der Waals surface area contributed by atoms with Crippen LogP contribution in [0.25, 0.3) is 10.9 Å². The molecule has 0 aliphatic heterocycles. The van der Waals surface area contributed by atoms with Crippen LogP contribution in [-0.2, 0) is 11.3 Å². The molecule has 0 aliphatic carbocycles. The fraction of sp³-hybridized carbons (Fsp3) is 0.211. The number of rotatable bonds is 7. The number of carbonyl (C=O) groups is 1. The Morgan fingerprint density at radius 3 is 2.85 bits per heavy atom. The Morgan fingerprint density at radius 2 is 2.04 bits per heavy atom. The summed E-state index contributed by atoms with van der Waals surface area (Å²) in [6.07, 6.45) is 1.27. The smallest absolute Gasteiger partial charge is 0.261 e. The van der Waals surface area contributed by atoms with Crippen molar-refractivity contribution >= 4 is 16.8 Å². The highest BCUT2D eigenvalue weighted by Crippen LogP contribution is 2.18. The summed E-state index contributed by atoms with van der Waals surface area (Å²) < 4.78 is 25.1. The molecule has 0 saturated carbocycles. The highest BCUT2D eigenvalue weighted by atomic mass is 19.1. The number of carbonyl (C=O) groups excluding carboxylic acids is 1. The van der Waals surface area contributed by atoms with Crippen LogP contribution in [0.15, 0.2) is 53.6 Å². The number of ether oxygens (including phenoxy) is 2. The number of hydrogen-bond acceptors (Lipinski definition) is 5. The average Bonchev–Trinajstić information content (AvgIpc) is 2.68. The third-order valence-electron chi connectivity index (χ3n) is 3.83. The molecule has 0 radical (unpaired) electrons. The fourth-order valence-corrected chi connectivity index (χ4v) is 2.50. The first kappa shape index (κ1) is 18.4. The molecular formula is C19H18FN3O4. The topological polar surface area (TPSA) is 82.4 Å². The Bertz CT molecular complexity index is 1020. The predicted molar refractivity (Wildman–Crippen MR) is 97.5 cm³/mol. The summed E-state index contributed by atoms with van der Waals surface area (Å²) in [7, 11) is 1.57.